The second kappa shape index (κ2) is 6.93. The SMILES string of the molecule is CCC(CC)N1CCc2c(C)nc3c(-c4ccc(C(N)=O)cc4)c(C)nn3c21. The molecule has 0 bridgehead atoms. The first kappa shape index (κ1) is 18.5. The van der Waals surface area contributed by atoms with Crippen LogP contribution in [0.1, 0.15) is 54.0 Å². The Balaban J connectivity index is 1.92. The van der Waals surface area contributed by atoms with Gasteiger partial charge in [-0.15, -0.1) is 0 Å². The van der Waals surface area contributed by atoms with E-state index in [1.807, 2.05) is 23.6 Å². The van der Waals surface area contributed by atoms with E-state index >= 15 is 0 Å². The molecule has 6 nitrogen and oxygen atoms in total. The Bertz CT molecular complexity index is 1050. The number of hydrogen-bond donors (Lipinski definition) is 1. The molecule has 0 saturated heterocycles. The number of benzene rings is 1. The van der Waals surface area contributed by atoms with Crippen molar-refractivity contribution in [2.24, 2.45) is 5.73 Å². The third kappa shape index (κ3) is 2.75. The van der Waals surface area contributed by atoms with E-state index in [-0.39, 0.29) is 0 Å². The van der Waals surface area contributed by atoms with E-state index in [2.05, 4.69) is 25.7 Å². The van der Waals surface area contributed by atoms with Crippen LogP contribution in [0.5, 0.6) is 0 Å². The number of amides is 1. The summed E-state index contributed by atoms with van der Waals surface area (Å²) in [6, 6.07) is 7.88. The van der Waals surface area contributed by atoms with Crippen molar-refractivity contribution >= 4 is 17.4 Å². The van der Waals surface area contributed by atoms with Gasteiger partial charge in [0.2, 0.25) is 5.91 Å². The molecule has 3 aromatic rings. The average Bonchev–Trinajstić information content (AvgIpc) is 3.25. The lowest BCUT2D eigenvalue weighted by molar-refractivity contribution is 0.100. The molecule has 146 valence electrons. The molecule has 0 atom stereocenters. The number of rotatable bonds is 5. The minimum atomic E-state index is -0.421. The summed E-state index contributed by atoms with van der Waals surface area (Å²) in [5.41, 5.74) is 12.1. The number of nitrogens with zero attached hydrogens (tertiary/aromatic N) is 4. The summed E-state index contributed by atoms with van der Waals surface area (Å²) in [5.74, 6) is 0.773. The fourth-order valence-electron chi connectivity index (χ4n) is 4.43. The summed E-state index contributed by atoms with van der Waals surface area (Å²) < 4.78 is 2.03. The maximum Gasteiger partial charge on any atom is 0.248 e. The van der Waals surface area contributed by atoms with E-state index in [4.69, 9.17) is 15.8 Å². The van der Waals surface area contributed by atoms with Crippen molar-refractivity contribution in [1.29, 1.82) is 0 Å². The summed E-state index contributed by atoms with van der Waals surface area (Å²) in [7, 11) is 0. The molecule has 3 heterocycles. The number of carbonyl (C=O) groups is 1. The molecule has 2 N–H and O–H groups in total. The maximum absolute atomic E-state index is 11.4. The van der Waals surface area contributed by atoms with Gasteiger partial charge in [0.1, 0.15) is 5.82 Å². The molecule has 0 radical (unpaired) electrons. The van der Waals surface area contributed by atoms with Gasteiger partial charge in [0.15, 0.2) is 5.65 Å². The molecule has 1 amide bonds. The van der Waals surface area contributed by atoms with Gasteiger partial charge < -0.3 is 10.6 Å². The summed E-state index contributed by atoms with van der Waals surface area (Å²) in [5, 5.41) is 4.88. The van der Waals surface area contributed by atoms with Gasteiger partial charge in [-0.1, -0.05) is 26.0 Å². The Morgan fingerprint density at radius 2 is 1.82 bits per heavy atom. The summed E-state index contributed by atoms with van der Waals surface area (Å²) in [4.78, 5) is 18.8. The van der Waals surface area contributed by atoms with E-state index in [9.17, 15) is 4.79 Å². The van der Waals surface area contributed by atoms with Gasteiger partial charge in [-0.05, 0) is 50.8 Å². The highest BCUT2D eigenvalue weighted by Crippen LogP contribution is 2.37. The number of hydrogen-bond acceptors (Lipinski definition) is 4. The quantitative estimate of drug-likeness (QED) is 0.736. The molecule has 0 unspecified atom stereocenters. The van der Waals surface area contributed by atoms with Crippen molar-refractivity contribution in [1.82, 2.24) is 14.6 Å². The number of aromatic nitrogens is 3. The molecule has 0 aliphatic carbocycles. The first-order valence-electron chi connectivity index (χ1n) is 10.0. The standard InChI is InChI=1S/C22H27N5O/c1-5-17(6-2)26-12-11-18-13(3)24-21-19(14(4)25-27(21)22(18)26)15-7-9-16(10-8-15)20(23)28/h7-10,17H,5-6,11-12H2,1-4H3,(H2,23,28). The zero-order chi connectivity index (χ0) is 20.0. The monoisotopic (exact) mass is 377 g/mol. The second-order valence-corrected chi connectivity index (χ2v) is 7.55. The van der Waals surface area contributed by atoms with E-state index in [1.165, 1.54) is 11.4 Å². The highest BCUT2D eigenvalue weighted by molar-refractivity contribution is 5.93. The highest BCUT2D eigenvalue weighted by Gasteiger charge is 2.30. The molecule has 4 rings (SSSR count). The molecule has 28 heavy (non-hydrogen) atoms. The summed E-state index contributed by atoms with van der Waals surface area (Å²) in [6.45, 7) is 9.63. The van der Waals surface area contributed by atoms with Crippen LogP contribution in [0.25, 0.3) is 16.8 Å². The van der Waals surface area contributed by atoms with Gasteiger partial charge in [-0.25, -0.2) is 4.98 Å². The summed E-state index contributed by atoms with van der Waals surface area (Å²) >= 11 is 0. The fourth-order valence-corrected chi connectivity index (χ4v) is 4.43. The van der Waals surface area contributed by atoms with Crippen LogP contribution >= 0.6 is 0 Å². The van der Waals surface area contributed by atoms with Crippen molar-refractivity contribution in [2.75, 3.05) is 11.4 Å². The lowest BCUT2D eigenvalue weighted by Crippen LogP contribution is -2.34. The highest BCUT2D eigenvalue weighted by atomic mass is 16.1. The van der Waals surface area contributed by atoms with Crippen molar-refractivity contribution < 1.29 is 4.79 Å². The van der Waals surface area contributed by atoms with E-state index in [0.29, 0.717) is 11.6 Å². The smallest absolute Gasteiger partial charge is 0.248 e. The predicted molar refractivity (Wildman–Crippen MR) is 112 cm³/mol. The Hall–Kier alpha value is -2.89. The second-order valence-electron chi connectivity index (χ2n) is 7.55. The fraction of sp³-hybridized carbons (Fsp3) is 0.409. The Kier molecular flexibility index (Phi) is 4.57. The zero-order valence-corrected chi connectivity index (χ0v) is 17.0. The van der Waals surface area contributed by atoms with Crippen LogP contribution in [-0.4, -0.2) is 33.1 Å². The topological polar surface area (TPSA) is 76.5 Å². The third-order valence-electron chi connectivity index (χ3n) is 5.93. The number of nitrogens with two attached hydrogens (primary N) is 1. The van der Waals surface area contributed by atoms with Crippen molar-refractivity contribution in [3.05, 3.63) is 46.8 Å². The van der Waals surface area contributed by atoms with Gasteiger partial charge in [-0.3, -0.25) is 4.79 Å². The number of fused-ring (bicyclic) bond motifs is 3. The average molecular weight is 377 g/mol. The van der Waals surface area contributed by atoms with Crippen LogP contribution in [0.15, 0.2) is 24.3 Å². The first-order chi connectivity index (χ1) is 13.5. The van der Waals surface area contributed by atoms with Crippen LogP contribution in [0.4, 0.5) is 5.82 Å². The van der Waals surface area contributed by atoms with Gasteiger partial charge in [0, 0.05) is 35.0 Å². The molecular weight excluding hydrogens is 350 g/mol. The predicted octanol–water partition coefficient (Wildman–Crippen LogP) is 3.66. The lowest BCUT2D eigenvalue weighted by Gasteiger charge is -2.28. The number of carbonyl (C=O) groups excluding carboxylic acids is 1. The largest absolute Gasteiger partial charge is 0.366 e. The molecule has 6 heteroatoms. The van der Waals surface area contributed by atoms with Crippen LogP contribution in [-0.2, 0) is 6.42 Å². The normalized spacial score (nSPS) is 13.5. The minimum Gasteiger partial charge on any atom is -0.366 e. The molecule has 0 fully saturated rings. The molecule has 2 aromatic heterocycles. The van der Waals surface area contributed by atoms with Crippen molar-refractivity contribution in [3.63, 3.8) is 0 Å². The Morgan fingerprint density at radius 1 is 1.14 bits per heavy atom. The lowest BCUT2D eigenvalue weighted by atomic mass is 10.0. The van der Waals surface area contributed by atoms with E-state index in [0.717, 1.165) is 54.0 Å². The summed E-state index contributed by atoms with van der Waals surface area (Å²) in [6.07, 6.45) is 3.24. The molecular formula is C22H27N5O. The molecule has 1 aliphatic heterocycles. The Labute approximate surface area is 165 Å². The van der Waals surface area contributed by atoms with E-state index < -0.39 is 5.91 Å². The minimum absolute atomic E-state index is 0.421. The third-order valence-corrected chi connectivity index (χ3v) is 5.93. The first-order valence-corrected chi connectivity index (χ1v) is 10.0. The zero-order valence-electron chi connectivity index (χ0n) is 17.0. The van der Waals surface area contributed by atoms with Crippen LogP contribution in [0.2, 0.25) is 0 Å². The number of aryl methyl sites for hydroxylation is 2. The molecule has 1 aromatic carbocycles. The number of primary amides is 1. The van der Waals surface area contributed by atoms with E-state index in [1.54, 1.807) is 12.1 Å². The van der Waals surface area contributed by atoms with Gasteiger partial charge >= 0.3 is 0 Å². The van der Waals surface area contributed by atoms with Gasteiger partial charge in [0.25, 0.3) is 0 Å². The molecule has 0 saturated carbocycles. The van der Waals surface area contributed by atoms with Crippen LogP contribution in [0, 0.1) is 13.8 Å². The van der Waals surface area contributed by atoms with Crippen molar-refractivity contribution in [2.45, 2.75) is 53.0 Å². The number of anilines is 1. The van der Waals surface area contributed by atoms with Crippen LogP contribution in [0.3, 0.4) is 0 Å². The van der Waals surface area contributed by atoms with Crippen LogP contribution < -0.4 is 10.6 Å². The molecule has 1 aliphatic rings. The van der Waals surface area contributed by atoms with Crippen molar-refractivity contribution in [3.8, 4) is 11.1 Å². The van der Waals surface area contributed by atoms with Gasteiger partial charge in [-0.2, -0.15) is 9.61 Å². The Morgan fingerprint density at radius 3 is 2.43 bits per heavy atom. The maximum atomic E-state index is 11.4. The van der Waals surface area contributed by atoms with Gasteiger partial charge in [0.05, 0.1) is 5.69 Å². The molecule has 0 spiro atoms.